The largest absolute Gasteiger partial charge is 0.332 e. The molecule has 2 aliphatic heterocycles. The zero-order chi connectivity index (χ0) is 15.3. The van der Waals surface area contributed by atoms with Crippen LogP contribution < -0.4 is 0 Å². The Morgan fingerprint density at radius 1 is 1.32 bits per heavy atom. The molecular formula is C17H24N4O. The molecule has 22 heavy (non-hydrogen) atoms. The number of likely N-dealkylation sites (tertiary alicyclic amines) is 2. The minimum absolute atomic E-state index is 0.0602. The van der Waals surface area contributed by atoms with Gasteiger partial charge in [0.05, 0.1) is 0 Å². The highest BCUT2D eigenvalue weighted by Gasteiger charge is 2.58. The van der Waals surface area contributed by atoms with E-state index in [9.17, 15) is 4.79 Å². The number of hydrogen-bond donors (Lipinski definition) is 0. The average molecular weight is 300 g/mol. The number of amides is 1. The predicted molar refractivity (Wildman–Crippen MR) is 83.4 cm³/mol. The fraction of sp³-hybridized carbons (Fsp3) is 0.706. The van der Waals surface area contributed by atoms with Crippen LogP contribution >= 0.6 is 0 Å². The first kappa shape index (κ1) is 14.1. The molecule has 1 aromatic rings. The van der Waals surface area contributed by atoms with Gasteiger partial charge in [0.2, 0.25) is 0 Å². The van der Waals surface area contributed by atoms with E-state index in [2.05, 4.69) is 34.0 Å². The number of nitrogens with zero attached hydrogens (tertiary/aromatic N) is 4. The second-order valence-corrected chi connectivity index (χ2v) is 7.41. The van der Waals surface area contributed by atoms with Crippen molar-refractivity contribution in [3.63, 3.8) is 0 Å². The molecule has 3 aliphatic rings. The second kappa shape index (κ2) is 5.01. The molecule has 5 heteroatoms. The molecule has 0 spiro atoms. The van der Waals surface area contributed by atoms with Gasteiger partial charge in [0.15, 0.2) is 5.69 Å². The maximum atomic E-state index is 13.0. The van der Waals surface area contributed by atoms with Gasteiger partial charge in [-0.2, -0.15) is 5.10 Å². The van der Waals surface area contributed by atoms with E-state index in [4.69, 9.17) is 0 Å². The molecule has 4 atom stereocenters. The highest BCUT2D eigenvalue weighted by atomic mass is 16.2. The summed E-state index contributed by atoms with van der Waals surface area (Å²) < 4.78 is 0. The number of likely N-dealkylation sites (N-methyl/N-ethyl adjacent to an activating group) is 1. The van der Waals surface area contributed by atoms with Crippen LogP contribution in [0.2, 0.25) is 0 Å². The molecule has 1 aromatic heterocycles. The topological polar surface area (TPSA) is 49.3 Å². The van der Waals surface area contributed by atoms with E-state index in [0.717, 1.165) is 13.0 Å². The molecular weight excluding hydrogens is 276 g/mol. The summed E-state index contributed by atoms with van der Waals surface area (Å²) in [5.41, 5.74) is 0.710. The molecule has 0 N–H and O–H groups in total. The molecule has 4 rings (SSSR count). The highest BCUT2D eigenvalue weighted by Crippen LogP contribution is 2.52. The molecule has 3 fully saturated rings. The Morgan fingerprint density at radius 2 is 2.09 bits per heavy atom. The summed E-state index contributed by atoms with van der Waals surface area (Å²) in [6, 6.07) is 5.03. The first-order valence-corrected chi connectivity index (χ1v) is 8.42. The number of rotatable bonds is 1. The smallest absolute Gasteiger partial charge is 0.274 e. The lowest BCUT2D eigenvalue weighted by Gasteiger charge is -2.46. The third-order valence-electron chi connectivity index (χ3n) is 6.31. The zero-order valence-electron chi connectivity index (χ0n) is 13.4. The van der Waals surface area contributed by atoms with Gasteiger partial charge in [-0.1, -0.05) is 19.8 Å². The van der Waals surface area contributed by atoms with Gasteiger partial charge in [-0.3, -0.25) is 9.69 Å². The van der Waals surface area contributed by atoms with Crippen LogP contribution in [0.5, 0.6) is 0 Å². The lowest BCUT2D eigenvalue weighted by atomic mass is 9.71. The van der Waals surface area contributed by atoms with E-state index >= 15 is 0 Å². The van der Waals surface area contributed by atoms with Crippen molar-refractivity contribution in [2.75, 3.05) is 13.6 Å². The maximum absolute atomic E-state index is 13.0. The Hall–Kier alpha value is -1.49. The standard InChI is InChI=1S/C17H24N4O/c1-17-10-12-11-21(16(22)13-6-5-9-18-19-13)15(17)8-4-3-7-14(17)20(12)2/h5-6,9,12,14-15H,3-4,7-8,10-11H2,1-2H3/t12-,14-,15+,17-/m0/s1. The van der Waals surface area contributed by atoms with E-state index in [1.807, 2.05) is 0 Å². The molecule has 3 heterocycles. The van der Waals surface area contributed by atoms with Gasteiger partial charge >= 0.3 is 0 Å². The molecule has 2 saturated heterocycles. The second-order valence-electron chi connectivity index (χ2n) is 7.41. The van der Waals surface area contributed by atoms with Gasteiger partial charge in [-0.15, -0.1) is 5.10 Å². The lowest BCUT2D eigenvalue weighted by Crippen LogP contribution is -2.55. The van der Waals surface area contributed by atoms with E-state index in [1.165, 1.54) is 25.7 Å². The van der Waals surface area contributed by atoms with E-state index in [0.29, 0.717) is 23.8 Å². The number of hydrogen-bond acceptors (Lipinski definition) is 4. The summed E-state index contributed by atoms with van der Waals surface area (Å²) in [6.45, 7) is 3.24. The van der Waals surface area contributed by atoms with Crippen LogP contribution in [0.4, 0.5) is 0 Å². The highest BCUT2D eigenvalue weighted by molar-refractivity contribution is 5.92. The molecule has 118 valence electrons. The number of carbonyl (C=O) groups is 1. The van der Waals surface area contributed by atoms with E-state index < -0.39 is 0 Å². The van der Waals surface area contributed by atoms with Crippen molar-refractivity contribution < 1.29 is 4.79 Å². The molecule has 2 bridgehead atoms. The van der Waals surface area contributed by atoms with E-state index in [1.54, 1.807) is 18.3 Å². The number of piperidine rings is 1. The number of aromatic nitrogens is 2. The van der Waals surface area contributed by atoms with Crippen LogP contribution in [-0.2, 0) is 0 Å². The summed E-state index contributed by atoms with van der Waals surface area (Å²) in [7, 11) is 2.25. The first-order valence-electron chi connectivity index (χ1n) is 8.42. The van der Waals surface area contributed by atoms with Gasteiger partial charge in [0.1, 0.15) is 0 Å². The fourth-order valence-corrected chi connectivity index (χ4v) is 5.25. The van der Waals surface area contributed by atoms with Crippen molar-refractivity contribution in [2.24, 2.45) is 5.41 Å². The van der Waals surface area contributed by atoms with Crippen LogP contribution in [0.25, 0.3) is 0 Å². The lowest BCUT2D eigenvalue weighted by molar-refractivity contribution is 0.0278. The fourth-order valence-electron chi connectivity index (χ4n) is 5.25. The van der Waals surface area contributed by atoms with Gasteiger partial charge < -0.3 is 4.90 Å². The van der Waals surface area contributed by atoms with Gasteiger partial charge in [-0.25, -0.2) is 0 Å². The van der Waals surface area contributed by atoms with E-state index in [-0.39, 0.29) is 11.3 Å². The molecule has 0 radical (unpaired) electrons. The normalized spacial score (nSPS) is 37.9. The summed E-state index contributed by atoms with van der Waals surface area (Å²) in [5.74, 6) is 0.0602. The monoisotopic (exact) mass is 300 g/mol. The summed E-state index contributed by atoms with van der Waals surface area (Å²) in [4.78, 5) is 17.6. The Bertz CT molecular complexity index is 577. The number of carbonyl (C=O) groups excluding carboxylic acids is 1. The Balaban J connectivity index is 1.71. The Morgan fingerprint density at radius 3 is 2.82 bits per heavy atom. The summed E-state index contributed by atoms with van der Waals surface area (Å²) >= 11 is 0. The Kier molecular flexibility index (Phi) is 3.22. The molecule has 1 amide bonds. The third kappa shape index (κ3) is 1.91. The van der Waals surface area contributed by atoms with Gasteiger partial charge in [0, 0.05) is 36.3 Å². The van der Waals surface area contributed by atoms with Crippen LogP contribution in [0.3, 0.4) is 0 Å². The molecule has 5 nitrogen and oxygen atoms in total. The van der Waals surface area contributed by atoms with Crippen molar-refractivity contribution in [3.8, 4) is 0 Å². The van der Waals surface area contributed by atoms with Crippen LogP contribution in [0.15, 0.2) is 18.3 Å². The van der Waals surface area contributed by atoms with Crippen LogP contribution in [0, 0.1) is 5.41 Å². The molecule has 0 unspecified atom stereocenters. The van der Waals surface area contributed by atoms with Gasteiger partial charge in [-0.05, 0) is 38.4 Å². The van der Waals surface area contributed by atoms with Crippen LogP contribution in [-0.4, -0.2) is 57.6 Å². The molecule has 1 aliphatic carbocycles. The quantitative estimate of drug-likeness (QED) is 0.795. The maximum Gasteiger partial charge on any atom is 0.274 e. The van der Waals surface area contributed by atoms with Crippen molar-refractivity contribution in [1.82, 2.24) is 20.0 Å². The SMILES string of the molecule is CN1[C@@H]2CN(C(=O)c3cccnn3)[C@@H]3CCCC[C@H]1[C@]3(C)C2. The summed E-state index contributed by atoms with van der Waals surface area (Å²) in [5, 5.41) is 7.92. The molecule has 1 saturated carbocycles. The minimum Gasteiger partial charge on any atom is -0.332 e. The average Bonchev–Trinajstić information content (AvgIpc) is 2.67. The minimum atomic E-state index is 0.0602. The predicted octanol–water partition coefficient (Wildman–Crippen LogP) is 1.95. The number of fused-ring (bicyclic) bond motifs is 1. The third-order valence-corrected chi connectivity index (χ3v) is 6.31. The van der Waals surface area contributed by atoms with Crippen LogP contribution in [0.1, 0.15) is 49.5 Å². The van der Waals surface area contributed by atoms with Gasteiger partial charge in [0.25, 0.3) is 5.91 Å². The van der Waals surface area contributed by atoms with Crippen molar-refractivity contribution in [1.29, 1.82) is 0 Å². The molecule has 0 aromatic carbocycles. The Labute approximate surface area is 131 Å². The summed E-state index contributed by atoms with van der Waals surface area (Å²) in [6.07, 6.45) is 7.74. The first-order chi connectivity index (χ1) is 10.6. The van der Waals surface area contributed by atoms with Crippen molar-refractivity contribution in [3.05, 3.63) is 24.0 Å². The van der Waals surface area contributed by atoms with Crippen molar-refractivity contribution in [2.45, 2.75) is 57.2 Å². The van der Waals surface area contributed by atoms with Crippen molar-refractivity contribution >= 4 is 5.91 Å². The zero-order valence-corrected chi connectivity index (χ0v) is 13.4.